The number of methoxy groups -OCH3 is 1. The lowest BCUT2D eigenvalue weighted by Crippen LogP contribution is -2.34. The molecule has 8 heteroatoms. The van der Waals surface area contributed by atoms with Crippen molar-refractivity contribution in [3.8, 4) is 5.75 Å². The van der Waals surface area contributed by atoms with Crippen molar-refractivity contribution in [3.05, 3.63) is 54.1 Å². The smallest absolute Gasteiger partial charge is 0.243 e. The summed E-state index contributed by atoms with van der Waals surface area (Å²) in [6.45, 7) is 0.437. The second-order valence-corrected chi connectivity index (χ2v) is 10.9. The van der Waals surface area contributed by atoms with Crippen LogP contribution in [0.4, 0.5) is 0 Å². The maximum atomic E-state index is 13.4. The van der Waals surface area contributed by atoms with Crippen molar-refractivity contribution in [1.82, 2.24) is 4.31 Å². The van der Waals surface area contributed by atoms with E-state index in [-0.39, 0.29) is 15.8 Å². The van der Waals surface area contributed by atoms with Crippen molar-refractivity contribution >= 4 is 19.9 Å². The van der Waals surface area contributed by atoms with Gasteiger partial charge < -0.3 is 4.74 Å². The standard InChI is InChI=1S/C20H25NO5S2/c1-26-17-9-7-16(8-10-17)20-6-4-3-5-15-21(20)28(24,25)19-13-11-18(12-14-19)27(2,22)23/h7-14,20H,3-6,15H2,1-2H3/t20-/m1/s1. The van der Waals surface area contributed by atoms with Crippen LogP contribution in [0.25, 0.3) is 0 Å². The number of benzene rings is 2. The van der Waals surface area contributed by atoms with Crippen LogP contribution < -0.4 is 4.74 Å². The van der Waals surface area contributed by atoms with Gasteiger partial charge in [-0.05, 0) is 54.8 Å². The largest absolute Gasteiger partial charge is 0.497 e. The molecule has 0 N–H and O–H groups in total. The molecule has 0 unspecified atom stereocenters. The van der Waals surface area contributed by atoms with Crippen molar-refractivity contribution < 1.29 is 21.6 Å². The van der Waals surface area contributed by atoms with Crippen LogP contribution in [0, 0.1) is 0 Å². The third kappa shape index (κ3) is 4.39. The summed E-state index contributed by atoms with van der Waals surface area (Å²) < 4.78 is 56.8. The summed E-state index contributed by atoms with van der Waals surface area (Å²) >= 11 is 0. The van der Waals surface area contributed by atoms with Gasteiger partial charge in [-0.2, -0.15) is 4.31 Å². The zero-order valence-electron chi connectivity index (χ0n) is 16.0. The van der Waals surface area contributed by atoms with E-state index in [1.807, 2.05) is 24.3 Å². The third-order valence-corrected chi connectivity index (χ3v) is 8.11. The molecule has 152 valence electrons. The number of ether oxygens (including phenoxy) is 1. The Morgan fingerprint density at radius 1 is 0.857 bits per heavy atom. The Morgan fingerprint density at radius 3 is 2.04 bits per heavy atom. The van der Waals surface area contributed by atoms with E-state index in [1.165, 1.54) is 24.3 Å². The first-order chi connectivity index (χ1) is 13.2. The highest BCUT2D eigenvalue weighted by Gasteiger charge is 2.33. The molecule has 1 heterocycles. The minimum Gasteiger partial charge on any atom is -0.497 e. The van der Waals surface area contributed by atoms with Crippen molar-refractivity contribution in [3.63, 3.8) is 0 Å². The Morgan fingerprint density at radius 2 is 1.46 bits per heavy atom. The van der Waals surface area contributed by atoms with Crippen LogP contribution in [0.5, 0.6) is 5.75 Å². The molecule has 3 rings (SSSR count). The normalized spacial score (nSPS) is 19.1. The van der Waals surface area contributed by atoms with Crippen LogP contribution in [0.2, 0.25) is 0 Å². The van der Waals surface area contributed by atoms with E-state index in [0.717, 1.165) is 43.3 Å². The van der Waals surface area contributed by atoms with Gasteiger partial charge in [0.1, 0.15) is 5.75 Å². The van der Waals surface area contributed by atoms with Crippen molar-refractivity contribution in [2.75, 3.05) is 19.9 Å². The van der Waals surface area contributed by atoms with Gasteiger partial charge >= 0.3 is 0 Å². The van der Waals surface area contributed by atoms with Crippen LogP contribution in [0.3, 0.4) is 0 Å². The molecule has 0 aliphatic carbocycles. The first-order valence-corrected chi connectivity index (χ1v) is 12.5. The number of hydrogen-bond acceptors (Lipinski definition) is 5. The summed E-state index contributed by atoms with van der Waals surface area (Å²) in [5, 5.41) is 0. The molecule has 2 aromatic rings. The number of rotatable bonds is 5. The molecule has 0 amide bonds. The summed E-state index contributed by atoms with van der Waals surface area (Å²) in [5.41, 5.74) is 0.930. The molecule has 0 aromatic heterocycles. The van der Waals surface area contributed by atoms with E-state index in [0.29, 0.717) is 6.54 Å². The molecule has 1 aliphatic heterocycles. The Bertz CT molecular complexity index is 1010. The SMILES string of the molecule is COc1ccc([C@H]2CCCCCN2S(=O)(=O)c2ccc(S(C)(=O)=O)cc2)cc1. The topological polar surface area (TPSA) is 80.8 Å². The van der Waals surface area contributed by atoms with Gasteiger partial charge in [0.2, 0.25) is 10.0 Å². The molecule has 6 nitrogen and oxygen atoms in total. The average molecular weight is 424 g/mol. The van der Waals surface area contributed by atoms with E-state index >= 15 is 0 Å². The molecule has 2 aromatic carbocycles. The molecular formula is C20H25NO5S2. The van der Waals surface area contributed by atoms with E-state index in [9.17, 15) is 16.8 Å². The molecule has 28 heavy (non-hydrogen) atoms. The number of sulfone groups is 1. The van der Waals surface area contributed by atoms with E-state index in [1.54, 1.807) is 11.4 Å². The molecular weight excluding hydrogens is 398 g/mol. The average Bonchev–Trinajstić information content (AvgIpc) is 2.94. The monoisotopic (exact) mass is 423 g/mol. The molecule has 0 bridgehead atoms. The highest BCUT2D eigenvalue weighted by atomic mass is 32.2. The van der Waals surface area contributed by atoms with Gasteiger partial charge in [-0.15, -0.1) is 0 Å². The molecule has 1 atom stereocenters. The first-order valence-electron chi connectivity index (χ1n) is 9.19. The zero-order chi connectivity index (χ0) is 20.4. The number of nitrogens with zero attached hydrogens (tertiary/aromatic N) is 1. The van der Waals surface area contributed by atoms with Gasteiger partial charge in [-0.25, -0.2) is 16.8 Å². The van der Waals surface area contributed by atoms with E-state index in [2.05, 4.69) is 0 Å². The minimum atomic E-state index is -3.75. The fraction of sp³-hybridized carbons (Fsp3) is 0.400. The van der Waals surface area contributed by atoms with Crippen LogP contribution >= 0.6 is 0 Å². The molecule has 1 aliphatic rings. The Hall–Kier alpha value is -1.90. The first kappa shape index (κ1) is 20.8. The van der Waals surface area contributed by atoms with Crippen LogP contribution in [0.1, 0.15) is 37.3 Å². The summed E-state index contributed by atoms with van der Waals surface area (Å²) in [6.07, 6.45) is 4.58. The highest BCUT2D eigenvalue weighted by molar-refractivity contribution is 7.90. The molecule has 1 fully saturated rings. The Kier molecular flexibility index (Phi) is 6.12. The second kappa shape index (κ2) is 8.23. The fourth-order valence-corrected chi connectivity index (χ4v) is 5.84. The maximum Gasteiger partial charge on any atom is 0.243 e. The second-order valence-electron chi connectivity index (χ2n) is 7.00. The van der Waals surface area contributed by atoms with Gasteiger partial charge in [-0.1, -0.05) is 25.0 Å². The lowest BCUT2D eigenvalue weighted by Gasteiger charge is -2.29. The lowest BCUT2D eigenvalue weighted by atomic mass is 10.0. The van der Waals surface area contributed by atoms with Gasteiger partial charge in [0.15, 0.2) is 9.84 Å². The Balaban J connectivity index is 1.98. The third-order valence-electron chi connectivity index (χ3n) is 5.06. The molecule has 0 saturated carbocycles. The summed E-state index contributed by atoms with van der Waals surface area (Å²) in [5.74, 6) is 0.725. The molecule has 0 radical (unpaired) electrons. The summed E-state index contributed by atoms with van der Waals surface area (Å²) in [7, 11) is -5.53. The molecule has 1 saturated heterocycles. The molecule has 0 spiro atoms. The fourth-order valence-electron chi connectivity index (χ4n) is 3.52. The van der Waals surface area contributed by atoms with E-state index < -0.39 is 19.9 Å². The van der Waals surface area contributed by atoms with Crippen LogP contribution in [-0.4, -0.2) is 41.1 Å². The zero-order valence-corrected chi connectivity index (χ0v) is 17.7. The lowest BCUT2D eigenvalue weighted by molar-refractivity contribution is 0.328. The maximum absolute atomic E-state index is 13.4. The predicted molar refractivity (Wildman–Crippen MR) is 108 cm³/mol. The van der Waals surface area contributed by atoms with Gasteiger partial charge in [-0.3, -0.25) is 0 Å². The predicted octanol–water partition coefficient (Wildman–Crippen LogP) is 3.40. The highest BCUT2D eigenvalue weighted by Crippen LogP contribution is 2.35. The van der Waals surface area contributed by atoms with Gasteiger partial charge in [0.05, 0.1) is 22.9 Å². The van der Waals surface area contributed by atoms with Crippen LogP contribution in [-0.2, 0) is 19.9 Å². The van der Waals surface area contributed by atoms with E-state index in [4.69, 9.17) is 4.74 Å². The number of hydrogen-bond donors (Lipinski definition) is 0. The van der Waals surface area contributed by atoms with Crippen molar-refractivity contribution in [2.45, 2.75) is 41.5 Å². The number of sulfonamides is 1. The minimum absolute atomic E-state index is 0.106. The summed E-state index contributed by atoms with van der Waals surface area (Å²) in [4.78, 5) is 0.217. The van der Waals surface area contributed by atoms with Gasteiger partial charge in [0, 0.05) is 12.8 Å². The quantitative estimate of drug-likeness (QED) is 0.736. The van der Waals surface area contributed by atoms with Crippen LogP contribution in [0.15, 0.2) is 58.3 Å². The Labute approximate surface area is 167 Å². The van der Waals surface area contributed by atoms with Crippen molar-refractivity contribution in [1.29, 1.82) is 0 Å². The summed E-state index contributed by atoms with van der Waals surface area (Å²) in [6, 6.07) is 12.7. The van der Waals surface area contributed by atoms with Gasteiger partial charge in [0.25, 0.3) is 0 Å². The van der Waals surface area contributed by atoms with Crippen molar-refractivity contribution in [2.24, 2.45) is 0 Å².